The SMILES string of the molecule is CCOc1cc(C=C2SC(=Nc3cccc(Cl)c3Cl)NC2=O)ccc1OCc1ccc(C(=O)O)o1. The van der Waals surface area contributed by atoms with Crippen LogP contribution in [0.4, 0.5) is 5.69 Å². The molecule has 1 fully saturated rings. The molecule has 1 aliphatic rings. The Morgan fingerprint density at radius 1 is 1.17 bits per heavy atom. The molecule has 0 bridgehead atoms. The van der Waals surface area contributed by atoms with Gasteiger partial charge in [-0.15, -0.1) is 0 Å². The number of nitrogens with zero attached hydrogens (tertiary/aromatic N) is 1. The molecule has 2 heterocycles. The number of carbonyl (C=O) groups is 2. The smallest absolute Gasteiger partial charge is 0.371 e. The summed E-state index contributed by atoms with van der Waals surface area (Å²) >= 11 is 13.4. The number of ether oxygens (including phenoxy) is 2. The molecule has 0 spiro atoms. The van der Waals surface area contributed by atoms with E-state index in [2.05, 4.69) is 10.3 Å². The van der Waals surface area contributed by atoms with Gasteiger partial charge in [-0.25, -0.2) is 9.79 Å². The summed E-state index contributed by atoms with van der Waals surface area (Å²) < 4.78 is 16.7. The number of halogens is 2. The van der Waals surface area contributed by atoms with E-state index in [-0.39, 0.29) is 18.3 Å². The molecule has 0 unspecified atom stereocenters. The molecule has 1 saturated heterocycles. The second-order valence-corrected chi connectivity index (χ2v) is 8.87. The van der Waals surface area contributed by atoms with Crippen molar-refractivity contribution in [1.29, 1.82) is 0 Å². The molecule has 11 heteroatoms. The van der Waals surface area contributed by atoms with Crippen LogP contribution >= 0.6 is 35.0 Å². The lowest BCUT2D eigenvalue weighted by molar-refractivity contribution is -0.115. The third kappa shape index (κ3) is 6.00. The van der Waals surface area contributed by atoms with Crippen LogP contribution in [0.2, 0.25) is 10.0 Å². The van der Waals surface area contributed by atoms with Crippen molar-refractivity contribution >= 4 is 63.8 Å². The third-order valence-electron chi connectivity index (χ3n) is 4.61. The number of benzene rings is 2. The van der Waals surface area contributed by atoms with Crippen LogP contribution in [0.5, 0.6) is 11.5 Å². The van der Waals surface area contributed by atoms with Crippen molar-refractivity contribution in [2.45, 2.75) is 13.5 Å². The molecule has 0 atom stereocenters. The quantitative estimate of drug-likeness (QED) is 0.334. The average molecular weight is 533 g/mol. The fourth-order valence-electron chi connectivity index (χ4n) is 3.04. The number of carbonyl (C=O) groups excluding carboxylic acids is 1. The first-order valence-electron chi connectivity index (χ1n) is 10.3. The molecule has 0 radical (unpaired) electrons. The van der Waals surface area contributed by atoms with Crippen molar-refractivity contribution in [2.75, 3.05) is 6.61 Å². The number of amides is 1. The number of carboxylic acid groups (broad SMARTS) is 1. The van der Waals surface area contributed by atoms with Gasteiger partial charge < -0.3 is 24.3 Å². The van der Waals surface area contributed by atoms with Crippen LogP contribution in [0, 0.1) is 0 Å². The van der Waals surface area contributed by atoms with E-state index in [1.165, 1.54) is 23.9 Å². The molecule has 2 N–H and O–H groups in total. The lowest BCUT2D eigenvalue weighted by atomic mass is 10.2. The molecule has 0 aliphatic carbocycles. The Labute approximate surface area is 214 Å². The van der Waals surface area contributed by atoms with Gasteiger partial charge in [0.2, 0.25) is 5.76 Å². The zero-order chi connectivity index (χ0) is 24.9. The van der Waals surface area contributed by atoms with Crippen LogP contribution in [0.25, 0.3) is 6.08 Å². The Balaban J connectivity index is 1.51. The Bertz CT molecular complexity index is 1350. The summed E-state index contributed by atoms with van der Waals surface area (Å²) in [6.07, 6.45) is 1.71. The van der Waals surface area contributed by atoms with Gasteiger partial charge in [0, 0.05) is 0 Å². The van der Waals surface area contributed by atoms with Crippen molar-refractivity contribution < 1.29 is 28.6 Å². The molecular weight excluding hydrogens is 515 g/mol. The van der Waals surface area contributed by atoms with E-state index < -0.39 is 5.97 Å². The number of hydrogen-bond acceptors (Lipinski definition) is 7. The molecule has 35 heavy (non-hydrogen) atoms. The standard InChI is InChI=1S/C24H18Cl2N2O6S/c1-2-32-19-10-13(6-8-17(19)33-12-14-7-9-18(34-14)23(30)31)11-20-22(29)28-24(35-20)27-16-5-3-4-15(25)21(16)26/h3-11H,2,12H2,1H3,(H,30,31)(H,27,28,29). The highest BCUT2D eigenvalue weighted by Crippen LogP contribution is 2.35. The zero-order valence-corrected chi connectivity index (χ0v) is 20.5. The van der Waals surface area contributed by atoms with E-state index in [9.17, 15) is 9.59 Å². The topological polar surface area (TPSA) is 110 Å². The first-order chi connectivity index (χ1) is 16.8. The number of thioether (sulfide) groups is 1. The van der Waals surface area contributed by atoms with Crippen LogP contribution in [-0.2, 0) is 11.4 Å². The minimum absolute atomic E-state index is 0.0257. The van der Waals surface area contributed by atoms with Crippen molar-refractivity contribution in [3.63, 3.8) is 0 Å². The Morgan fingerprint density at radius 3 is 2.74 bits per heavy atom. The summed E-state index contributed by atoms with van der Waals surface area (Å²) in [6, 6.07) is 13.2. The molecule has 1 aromatic heterocycles. The average Bonchev–Trinajstić information content (AvgIpc) is 3.43. The van der Waals surface area contributed by atoms with E-state index in [1.54, 1.807) is 42.5 Å². The second kappa shape index (κ2) is 10.9. The molecule has 1 amide bonds. The van der Waals surface area contributed by atoms with Crippen LogP contribution in [-0.4, -0.2) is 28.8 Å². The fourth-order valence-corrected chi connectivity index (χ4v) is 4.21. The largest absolute Gasteiger partial charge is 0.490 e. The molecular formula is C24H18Cl2N2O6S. The van der Waals surface area contributed by atoms with Gasteiger partial charge in [-0.2, -0.15) is 0 Å². The molecule has 1 aliphatic heterocycles. The number of furan rings is 1. The van der Waals surface area contributed by atoms with Crippen molar-refractivity contribution in [3.8, 4) is 11.5 Å². The number of rotatable bonds is 8. The predicted octanol–water partition coefficient (Wildman–Crippen LogP) is 6.15. The van der Waals surface area contributed by atoms with Gasteiger partial charge in [0.15, 0.2) is 16.7 Å². The zero-order valence-electron chi connectivity index (χ0n) is 18.2. The minimum Gasteiger partial charge on any atom is -0.490 e. The monoisotopic (exact) mass is 532 g/mol. The maximum absolute atomic E-state index is 12.5. The maximum Gasteiger partial charge on any atom is 0.371 e. The first-order valence-corrected chi connectivity index (χ1v) is 11.9. The van der Waals surface area contributed by atoms with Gasteiger partial charge in [0.1, 0.15) is 12.4 Å². The van der Waals surface area contributed by atoms with Gasteiger partial charge in [0.25, 0.3) is 5.91 Å². The van der Waals surface area contributed by atoms with Gasteiger partial charge in [-0.05, 0) is 66.7 Å². The highest BCUT2D eigenvalue weighted by Gasteiger charge is 2.24. The lowest BCUT2D eigenvalue weighted by Crippen LogP contribution is -2.19. The minimum atomic E-state index is -1.15. The highest BCUT2D eigenvalue weighted by molar-refractivity contribution is 8.18. The molecule has 2 aromatic carbocycles. The summed E-state index contributed by atoms with van der Waals surface area (Å²) in [5.41, 5.74) is 1.17. The first kappa shape index (κ1) is 24.7. The van der Waals surface area contributed by atoms with Gasteiger partial charge >= 0.3 is 5.97 Å². The Hall–Kier alpha value is -3.40. The van der Waals surface area contributed by atoms with Crippen molar-refractivity contribution in [1.82, 2.24) is 5.32 Å². The normalized spacial score (nSPS) is 15.5. The number of aromatic carboxylic acids is 1. The number of nitrogens with one attached hydrogen (secondary N) is 1. The van der Waals surface area contributed by atoms with Gasteiger partial charge in [-0.1, -0.05) is 35.3 Å². The highest BCUT2D eigenvalue weighted by atomic mass is 35.5. The van der Waals surface area contributed by atoms with E-state index in [4.69, 9.17) is 42.2 Å². The maximum atomic E-state index is 12.5. The van der Waals surface area contributed by atoms with E-state index in [1.807, 2.05) is 6.92 Å². The number of hydrogen-bond donors (Lipinski definition) is 2. The molecule has 180 valence electrons. The van der Waals surface area contributed by atoms with Gasteiger partial charge in [-0.3, -0.25) is 4.79 Å². The van der Waals surface area contributed by atoms with Crippen LogP contribution in [0.3, 0.4) is 0 Å². The predicted molar refractivity (Wildman–Crippen MR) is 135 cm³/mol. The van der Waals surface area contributed by atoms with E-state index in [0.717, 1.165) is 0 Å². The third-order valence-corrected chi connectivity index (χ3v) is 6.33. The van der Waals surface area contributed by atoms with Crippen molar-refractivity contribution in [3.05, 3.63) is 80.6 Å². The van der Waals surface area contributed by atoms with E-state index >= 15 is 0 Å². The van der Waals surface area contributed by atoms with Crippen LogP contribution in [0.15, 0.2) is 62.8 Å². The molecule has 4 rings (SSSR count). The number of amidine groups is 1. The van der Waals surface area contributed by atoms with Crippen LogP contribution < -0.4 is 14.8 Å². The van der Waals surface area contributed by atoms with Crippen LogP contribution in [0.1, 0.15) is 28.8 Å². The Morgan fingerprint density at radius 2 is 2.00 bits per heavy atom. The fraction of sp³-hybridized carbons (Fsp3) is 0.125. The van der Waals surface area contributed by atoms with E-state index in [0.29, 0.717) is 55.2 Å². The number of aliphatic imine (C=N–C) groups is 1. The lowest BCUT2D eigenvalue weighted by Gasteiger charge is -2.12. The number of carboxylic acids is 1. The summed E-state index contributed by atoms with van der Waals surface area (Å²) in [5, 5.41) is 12.7. The Kier molecular flexibility index (Phi) is 7.70. The summed E-state index contributed by atoms with van der Waals surface area (Å²) in [7, 11) is 0. The van der Waals surface area contributed by atoms with Crippen molar-refractivity contribution in [2.24, 2.45) is 4.99 Å². The molecule has 0 saturated carbocycles. The summed E-state index contributed by atoms with van der Waals surface area (Å²) in [4.78, 5) is 28.3. The van der Waals surface area contributed by atoms with Gasteiger partial charge in [0.05, 0.1) is 27.2 Å². The summed E-state index contributed by atoms with van der Waals surface area (Å²) in [5.74, 6) is -0.331. The summed E-state index contributed by atoms with van der Waals surface area (Å²) in [6.45, 7) is 2.26. The molecule has 8 nitrogen and oxygen atoms in total. The molecule has 3 aromatic rings. The second-order valence-electron chi connectivity index (χ2n) is 7.05.